The van der Waals surface area contributed by atoms with E-state index >= 15 is 0 Å². The van der Waals surface area contributed by atoms with Crippen molar-refractivity contribution in [2.45, 2.75) is 46.1 Å². The third-order valence-corrected chi connectivity index (χ3v) is 5.09. The number of pyridine rings is 1. The van der Waals surface area contributed by atoms with Gasteiger partial charge >= 0.3 is 0 Å². The second-order valence-corrected chi connectivity index (χ2v) is 8.42. The Bertz CT molecular complexity index is 962. The van der Waals surface area contributed by atoms with Crippen molar-refractivity contribution in [2.24, 2.45) is 4.99 Å². The van der Waals surface area contributed by atoms with Crippen molar-refractivity contribution >= 4 is 5.96 Å². The van der Waals surface area contributed by atoms with E-state index in [9.17, 15) is 0 Å². The average Bonchev–Trinajstić information content (AvgIpc) is 3.16. The molecule has 1 aromatic carbocycles. The van der Waals surface area contributed by atoms with Gasteiger partial charge in [0.15, 0.2) is 5.96 Å². The van der Waals surface area contributed by atoms with Gasteiger partial charge in [-0.05, 0) is 41.5 Å². The molecule has 6 heteroatoms. The molecule has 158 valence electrons. The van der Waals surface area contributed by atoms with Crippen LogP contribution < -0.4 is 10.6 Å². The molecule has 0 fully saturated rings. The van der Waals surface area contributed by atoms with Crippen LogP contribution in [-0.4, -0.2) is 34.1 Å². The van der Waals surface area contributed by atoms with Gasteiger partial charge in [0.25, 0.3) is 0 Å². The molecule has 0 aliphatic heterocycles. The van der Waals surface area contributed by atoms with Crippen molar-refractivity contribution in [1.29, 1.82) is 0 Å². The zero-order chi connectivity index (χ0) is 21.6. The van der Waals surface area contributed by atoms with E-state index in [1.54, 1.807) is 13.2 Å². The van der Waals surface area contributed by atoms with Crippen molar-refractivity contribution < 1.29 is 0 Å². The standard InChI is InChI=1S/C24H32N6/c1-18-26-14-15-30(18)22-11-8-20(16-28-22)17-29-23(25-5)27-13-12-19-6-9-21(10-7-19)24(2,3)4/h6-11,14-16H,12-13,17H2,1-5H3,(H2,25,27,29). The van der Waals surface area contributed by atoms with Gasteiger partial charge in [0.05, 0.1) is 0 Å². The molecule has 6 nitrogen and oxygen atoms in total. The number of nitrogens with one attached hydrogen (secondary N) is 2. The number of aliphatic imine (C=N–C) groups is 1. The number of nitrogens with zero attached hydrogens (tertiary/aromatic N) is 4. The maximum Gasteiger partial charge on any atom is 0.191 e. The summed E-state index contributed by atoms with van der Waals surface area (Å²) in [7, 11) is 1.79. The molecule has 0 radical (unpaired) electrons. The first-order valence-electron chi connectivity index (χ1n) is 10.4. The Morgan fingerprint density at radius 1 is 1.00 bits per heavy atom. The molecule has 2 aromatic heterocycles. The first-order chi connectivity index (χ1) is 14.4. The molecule has 0 atom stereocenters. The van der Waals surface area contributed by atoms with Crippen LogP contribution in [0.25, 0.3) is 5.82 Å². The van der Waals surface area contributed by atoms with E-state index in [0.29, 0.717) is 6.54 Å². The Balaban J connectivity index is 1.46. The van der Waals surface area contributed by atoms with Gasteiger partial charge in [0, 0.05) is 38.7 Å². The maximum atomic E-state index is 4.53. The van der Waals surface area contributed by atoms with Gasteiger partial charge in [-0.15, -0.1) is 0 Å². The van der Waals surface area contributed by atoms with Crippen LogP contribution in [0.2, 0.25) is 0 Å². The zero-order valence-electron chi connectivity index (χ0n) is 18.6. The van der Waals surface area contributed by atoms with Crippen molar-refractivity contribution in [3.8, 4) is 5.82 Å². The molecule has 2 heterocycles. The molecule has 0 unspecified atom stereocenters. The second kappa shape index (κ2) is 9.57. The van der Waals surface area contributed by atoms with E-state index < -0.39 is 0 Å². The predicted molar refractivity (Wildman–Crippen MR) is 123 cm³/mol. The number of hydrogen-bond acceptors (Lipinski definition) is 3. The van der Waals surface area contributed by atoms with Crippen LogP contribution in [0.4, 0.5) is 0 Å². The maximum absolute atomic E-state index is 4.53. The monoisotopic (exact) mass is 404 g/mol. The van der Waals surface area contributed by atoms with E-state index in [0.717, 1.165) is 36.1 Å². The van der Waals surface area contributed by atoms with Crippen LogP contribution in [0, 0.1) is 6.92 Å². The molecule has 0 saturated heterocycles. The summed E-state index contributed by atoms with van der Waals surface area (Å²) in [5.41, 5.74) is 3.96. The summed E-state index contributed by atoms with van der Waals surface area (Å²) in [6, 6.07) is 13.0. The summed E-state index contributed by atoms with van der Waals surface area (Å²) < 4.78 is 1.96. The Morgan fingerprint density at radius 3 is 2.30 bits per heavy atom. The quantitative estimate of drug-likeness (QED) is 0.485. The first-order valence-corrected chi connectivity index (χ1v) is 10.4. The lowest BCUT2D eigenvalue weighted by molar-refractivity contribution is 0.590. The number of guanidine groups is 1. The van der Waals surface area contributed by atoms with Gasteiger partial charge in [0.1, 0.15) is 11.6 Å². The third-order valence-electron chi connectivity index (χ3n) is 5.09. The molecule has 2 N–H and O–H groups in total. The highest BCUT2D eigenvalue weighted by Gasteiger charge is 2.12. The van der Waals surface area contributed by atoms with Gasteiger partial charge in [0.2, 0.25) is 0 Å². The van der Waals surface area contributed by atoms with Crippen molar-refractivity contribution in [3.05, 3.63) is 77.5 Å². The van der Waals surface area contributed by atoms with Crippen molar-refractivity contribution in [1.82, 2.24) is 25.2 Å². The fourth-order valence-electron chi connectivity index (χ4n) is 3.19. The highest BCUT2D eigenvalue weighted by atomic mass is 15.2. The molecule has 0 spiro atoms. The van der Waals surface area contributed by atoms with E-state index in [1.807, 2.05) is 30.0 Å². The molecule has 0 aliphatic rings. The summed E-state index contributed by atoms with van der Waals surface area (Å²) in [6.07, 6.45) is 6.52. The first kappa shape index (κ1) is 21.6. The molecule has 3 aromatic rings. The minimum atomic E-state index is 0.188. The van der Waals surface area contributed by atoms with Crippen LogP contribution in [0.1, 0.15) is 43.3 Å². The van der Waals surface area contributed by atoms with E-state index in [1.165, 1.54) is 11.1 Å². The molecule has 3 rings (SSSR count). The minimum Gasteiger partial charge on any atom is -0.356 e. The molecule has 0 saturated carbocycles. The van der Waals surface area contributed by atoms with Gasteiger partial charge in [-0.1, -0.05) is 51.1 Å². The Labute approximate surface area is 179 Å². The van der Waals surface area contributed by atoms with E-state index in [4.69, 9.17) is 0 Å². The fraction of sp³-hybridized carbons (Fsp3) is 0.375. The molecule has 30 heavy (non-hydrogen) atoms. The number of hydrogen-bond donors (Lipinski definition) is 2. The van der Waals surface area contributed by atoms with Gasteiger partial charge in [-0.25, -0.2) is 9.97 Å². The highest BCUT2D eigenvalue weighted by Crippen LogP contribution is 2.22. The van der Waals surface area contributed by atoms with Gasteiger partial charge < -0.3 is 10.6 Å². The number of aromatic nitrogens is 3. The Hall–Kier alpha value is -3.15. The smallest absolute Gasteiger partial charge is 0.191 e. The van der Waals surface area contributed by atoms with Crippen LogP contribution in [0.3, 0.4) is 0 Å². The summed E-state index contributed by atoms with van der Waals surface area (Å²) in [5.74, 6) is 2.58. The van der Waals surface area contributed by atoms with E-state index in [-0.39, 0.29) is 5.41 Å². The van der Waals surface area contributed by atoms with Gasteiger partial charge in [-0.2, -0.15) is 0 Å². The zero-order valence-corrected chi connectivity index (χ0v) is 18.6. The lowest BCUT2D eigenvalue weighted by atomic mass is 9.86. The fourth-order valence-corrected chi connectivity index (χ4v) is 3.19. The predicted octanol–water partition coefficient (Wildman–Crippen LogP) is 3.78. The number of rotatable bonds is 6. The molecule has 0 aliphatic carbocycles. The number of imidazole rings is 1. The number of aryl methyl sites for hydroxylation is 1. The SMILES string of the molecule is CN=C(NCCc1ccc(C(C)(C)C)cc1)NCc1ccc(-n2ccnc2C)nc1. The van der Waals surface area contributed by atoms with E-state index in [2.05, 4.69) is 76.7 Å². The van der Waals surface area contributed by atoms with Crippen molar-refractivity contribution in [3.63, 3.8) is 0 Å². The summed E-state index contributed by atoms with van der Waals surface area (Å²) >= 11 is 0. The summed E-state index contributed by atoms with van der Waals surface area (Å²) in [5, 5.41) is 6.73. The van der Waals surface area contributed by atoms with Crippen molar-refractivity contribution in [2.75, 3.05) is 13.6 Å². The highest BCUT2D eigenvalue weighted by molar-refractivity contribution is 5.79. The summed E-state index contributed by atoms with van der Waals surface area (Å²) in [6.45, 7) is 10.2. The number of benzene rings is 1. The Kier molecular flexibility index (Phi) is 6.87. The van der Waals surface area contributed by atoms with Crippen LogP contribution in [0.15, 0.2) is 60.0 Å². The van der Waals surface area contributed by atoms with Crippen LogP contribution in [0.5, 0.6) is 0 Å². The lowest BCUT2D eigenvalue weighted by Gasteiger charge is -2.19. The lowest BCUT2D eigenvalue weighted by Crippen LogP contribution is -2.37. The molecule has 0 bridgehead atoms. The molecule has 0 amide bonds. The van der Waals surface area contributed by atoms with Crippen LogP contribution in [-0.2, 0) is 18.4 Å². The largest absolute Gasteiger partial charge is 0.356 e. The second-order valence-electron chi connectivity index (χ2n) is 8.42. The minimum absolute atomic E-state index is 0.188. The topological polar surface area (TPSA) is 67.1 Å². The Morgan fingerprint density at radius 2 is 1.73 bits per heavy atom. The average molecular weight is 405 g/mol. The third kappa shape index (κ3) is 5.69. The van der Waals surface area contributed by atoms with Gasteiger partial charge in [-0.3, -0.25) is 9.56 Å². The molecular formula is C24H32N6. The van der Waals surface area contributed by atoms with Crippen LogP contribution >= 0.6 is 0 Å². The molecular weight excluding hydrogens is 372 g/mol. The summed E-state index contributed by atoms with van der Waals surface area (Å²) in [4.78, 5) is 13.1. The normalized spacial score (nSPS) is 12.1.